The van der Waals surface area contributed by atoms with Crippen molar-refractivity contribution in [3.8, 4) is 16.3 Å². The van der Waals surface area contributed by atoms with Crippen molar-refractivity contribution in [1.82, 2.24) is 4.98 Å². The van der Waals surface area contributed by atoms with E-state index in [4.69, 9.17) is 0 Å². The molecule has 0 aliphatic heterocycles. The molecule has 5 heteroatoms. The first kappa shape index (κ1) is 16.2. The first-order valence-corrected chi connectivity index (χ1v) is 7.93. The molecule has 0 unspecified atom stereocenters. The Kier molecular flexibility index (Phi) is 5.72. The normalized spacial score (nSPS) is 10.1. The molecule has 0 amide bonds. The number of phenolic OH excluding ortho intramolecular Hbond substituents is 1. The summed E-state index contributed by atoms with van der Waals surface area (Å²) < 4.78 is 11.7. The number of alkyl halides is 1. The van der Waals surface area contributed by atoms with Crippen molar-refractivity contribution in [2.45, 2.75) is 13.3 Å². The van der Waals surface area contributed by atoms with Gasteiger partial charge in [-0.05, 0) is 48.9 Å². The van der Waals surface area contributed by atoms with Gasteiger partial charge in [-0.3, -0.25) is 4.39 Å². The zero-order chi connectivity index (χ0) is 15.9. The minimum atomic E-state index is -0.181. The highest BCUT2D eigenvalue weighted by Gasteiger charge is 2.06. The Morgan fingerprint density at radius 3 is 2.45 bits per heavy atom. The molecule has 0 fully saturated rings. The topological polar surface area (TPSA) is 45.2 Å². The molecule has 116 valence electrons. The van der Waals surface area contributed by atoms with E-state index >= 15 is 0 Å². The van der Waals surface area contributed by atoms with Crippen LogP contribution in [0, 0.1) is 0 Å². The Morgan fingerprint density at radius 1 is 1.18 bits per heavy atom. The van der Waals surface area contributed by atoms with Gasteiger partial charge in [0.25, 0.3) is 0 Å². The molecule has 0 radical (unpaired) electrons. The maximum absolute atomic E-state index is 10.7. The summed E-state index contributed by atoms with van der Waals surface area (Å²) in [6.07, 6.45) is 0.653. The van der Waals surface area contributed by atoms with E-state index in [9.17, 15) is 9.50 Å². The van der Waals surface area contributed by atoms with Crippen LogP contribution in [0.3, 0.4) is 0 Å². The van der Waals surface area contributed by atoms with Crippen molar-refractivity contribution >= 4 is 27.2 Å². The lowest BCUT2D eigenvalue weighted by Gasteiger charge is -2.00. The number of aromatic nitrogens is 1. The number of nitrogens with one attached hydrogen (secondary N) is 1. The molecular weight excluding hydrogens is 299 g/mol. The number of rotatable bonds is 3. The second-order valence-electron chi connectivity index (χ2n) is 4.69. The van der Waals surface area contributed by atoms with Gasteiger partial charge in [0, 0.05) is 18.3 Å². The van der Waals surface area contributed by atoms with Gasteiger partial charge < -0.3 is 10.4 Å². The van der Waals surface area contributed by atoms with Crippen molar-refractivity contribution in [3.05, 3.63) is 42.5 Å². The Morgan fingerprint density at radius 2 is 1.86 bits per heavy atom. The van der Waals surface area contributed by atoms with E-state index < -0.39 is 0 Å². The molecule has 0 aliphatic rings. The lowest BCUT2D eigenvalue weighted by molar-refractivity contribution is 0.476. The summed E-state index contributed by atoms with van der Waals surface area (Å²) in [5.74, 6) is 0.281. The average Bonchev–Trinajstić information content (AvgIpc) is 2.98. The highest BCUT2D eigenvalue weighted by molar-refractivity contribution is 7.21. The van der Waals surface area contributed by atoms with Gasteiger partial charge >= 0.3 is 0 Å². The zero-order valence-corrected chi connectivity index (χ0v) is 13.5. The van der Waals surface area contributed by atoms with Crippen LogP contribution in [0.2, 0.25) is 0 Å². The van der Waals surface area contributed by atoms with Crippen LogP contribution in [0.25, 0.3) is 20.8 Å². The van der Waals surface area contributed by atoms with E-state index in [0.29, 0.717) is 6.42 Å². The fourth-order valence-corrected chi connectivity index (χ4v) is 2.82. The number of nitrogens with zero attached hydrogens (tertiary/aromatic N) is 1. The molecule has 3 rings (SSSR count). The van der Waals surface area contributed by atoms with Gasteiger partial charge in [0.15, 0.2) is 0 Å². The number of hydrogen-bond donors (Lipinski definition) is 2. The summed E-state index contributed by atoms with van der Waals surface area (Å²) in [7, 11) is 1.90. The highest BCUT2D eigenvalue weighted by atomic mass is 32.1. The molecule has 0 saturated carbocycles. The Hall–Kier alpha value is -2.14. The van der Waals surface area contributed by atoms with E-state index in [2.05, 4.69) is 10.3 Å². The van der Waals surface area contributed by atoms with E-state index in [1.165, 1.54) is 0 Å². The van der Waals surface area contributed by atoms with Crippen molar-refractivity contribution in [1.29, 1.82) is 0 Å². The first-order valence-electron chi connectivity index (χ1n) is 7.11. The van der Waals surface area contributed by atoms with E-state index in [1.54, 1.807) is 30.4 Å². The smallest absolute Gasteiger partial charge is 0.124 e. The van der Waals surface area contributed by atoms with Crippen LogP contribution >= 0.6 is 11.3 Å². The maximum atomic E-state index is 10.7. The largest absolute Gasteiger partial charge is 0.508 e. The highest BCUT2D eigenvalue weighted by Crippen LogP contribution is 2.32. The van der Waals surface area contributed by atoms with E-state index in [0.717, 1.165) is 26.5 Å². The zero-order valence-electron chi connectivity index (χ0n) is 12.6. The molecule has 1 heterocycles. The lowest BCUT2D eigenvalue weighted by Crippen LogP contribution is -1.86. The van der Waals surface area contributed by atoms with Crippen LogP contribution in [0.4, 0.5) is 10.1 Å². The molecule has 22 heavy (non-hydrogen) atoms. The number of thiazole rings is 1. The van der Waals surface area contributed by atoms with Gasteiger partial charge in [0.1, 0.15) is 10.8 Å². The van der Waals surface area contributed by atoms with Crippen LogP contribution in [-0.2, 0) is 0 Å². The molecule has 0 aliphatic carbocycles. The third kappa shape index (κ3) is 3.95. The molecular formula is C17H19FN2OS. The average molecular weight is 318 g/mol. The van der Waals surface area contributed by atoms with Gasteiger partial charge in [-0.25, -0.2) is 4.98 Å². The maximum Gasteiger partial charge on any atom is 0.124 e. The molecule has 0 bridgehead atoms. The van der Waals surface area contributed by atoms with Crippen molar-refractivity contribution in [2.75, 3.05) is 19.0 Å². The predicted molar refractivity (Wildman–Crippen MR) is 92.5 cm³/mol. The minimum Gasteiger partial charge on any atom is -0.508 e. The molecule has 2 aromatic carbocycles. The number of benzene rings is 2. The standard InChI is InChI=1S/C14H12N2OS.C3H7F/c1-15-10-4-2-9(3-5-10)14-16-12-7-6-11(17)8-13(12)18-14;1-2-3-4/h2-8,15,17H,1H3;2-3H2,1H3. The van der Waals surface area contributed by atoms with Gasteiger partial charge in [-0.1, -0.05) is 6.92 Å². The fraction of sp³-hybridized carbons (Fsp3) is 0.235. The SMILES string of the molecule is CCCF.CNc1ccc(-c2nc3ccc(O)cc3s2)cc1. The van der Waals surface area contributed by atoms with Gasteiger partial charge in [0.2, 0.25) is 0 Å². The number of hydrogen-bond acceptors (Lipinski definition) is 4. The first-order chi connectivity index (χ1) is 10.7. The van der Waals surface area contributed by atoms with Crippen molar-refractivity contribution in [2.24, 2.45) is 0 Å². The quantitative estimate of drug-likeness (QED) is 0.708. The molecule has 2 N–H and O–H groups in total. The second-order valence-corrected chi connectivity index (χ2v) is 5.72. The van der Waals surface area contributed by atoms with Gasteiger partial charge in [-0.2, -0.15) is 0 Å². The van der Waals surface area contributed by atoms with Crippen LogP contribution in [0.5, 0.6) is 5.75 Å². The summed E-state index contributed by atoms with van der Waals surface area (Å²) in [4.78, 5) is 4.57. The minimum absolute atomic E-state index is 0.181. The van der Waals surface area contributed by atoms with Crippen LogP contribution < -0.4 is 5.32 Å². The summed E-state index contributed by atoms with van der Waals surface area (Å²) in [6, 6.07) is 13.4. The summed E-state index contributed by atoms with van der Waals surface area (Å²) in [5, 5.41) is 13.5. The Bertz CT molecular complexity index is 723. The molecule has 0 atom stereocenters. The fourth-order valence-electron chi connectivity index (χ4n) is 1.82. The van der Waals surface area contributed by atoms with Gasteiger partial charge in [0.05, 0.1) is 16.9 Å². The van der Waals surface area contributed by atoms with Gasteiger partial charge in [-0.15, -0.1) is 11.3 Å². The summed E-state index contributed by atoms with van der Waals surface area (Å²) >= 11 is 1.59. The number of fused-ring (bicyclic) bond motifs is 1. The lowest BCUT2D eigenvalue weighted by atomic mass is 10.2. The summed E-state index contributed by atoms with van der Waals surface area (Å²) in [5.41, 5.74) is 3.10. The number of halogens is 1. The molecule has 0 saturated heterocycles. The third-order valence-corrected chi connectivity index (χ3v) is 4.05. The molecule has 0 spiro atoms. The van der Waals surface area contributed by atoms with Crippen molar-refractivity contribution < 1.29 is 9.50 Å². The second kappa shape index (κ2) is 7.75. The monoisotopic (exact) mass is 318 g/mol. The predicted octanol–water partition coefficient (Wildman–Crippen LogP) is 5.08. The number of phenols is 1. The third-order valence-electron chi connectivity index (χ3n) is 2.98. The molecule has 3 nitrogen and oxygen atoms in total. The van der Waals surface area contributed by atoms with Crippen LogP contribution in [0.15, 0.2) is 42.5 Å². The van der Waals surface area contributed by atoms with Crippen molar-refractivity contribution in [3.63, 3.8) is 0 Å². The van der Waals surface area contributed by atoms with E-state index in [-0.39, 0.29) is 12.4 Å². The molecule has 3 aromatic rings. The molecule has 1 aromatic heterocycles. The number of anilines is 1. The van der Waals surface area contributed by atoms with Crippen LogP contribution in [0.1, 0.15) is 13.3 Å². The Labute approximate surface area is 133 Å². The van der Waals surface area contributed by atoms with Crippen LogP contribution in [-0.4, -0.2) is 23.8 Å². The van der Waals surface area contributed by atoms with E-state index in [1.807, 2.05) is 37.4 Å². The summed E-state index contributed by atoms with van der Waals surface area (Å²) in [6.45, 7) is 1.62. The Balaban J connectivity index is 0.000000396. The number of aromatic hydroxyl groups is 1.